The third-order valence-electron chi connectivity index (χ3n) is 3.66. The van der Waals surface area contributed by atoms with Gasteiger partial charge in [-0.1, -0.05) is 15.9 Å². The van der Waals surface area contributed by atoms with Gasteiger partial charge in [-0.05, 0) is 50.7 Å². The number of H-pyrrole nitrogens is 1. The summed E-state index contributed by atoms with van der Waals surface area (Å²) in [5, 5.41) is 9.75. The molecule has 0 bridgehead atoms. The van der Waals surface area contributed by atoms with Crippen LogP contribution in [0.2, 0.25) is 0 Å². The van der Waals surface area contributed by atoms with Crippen molar-refractivity contribution in [3.63, 3.8) is 0 Å². The van der Waals surface area contributed by atoms with Crippen LogP contribution in [0.4, 0.5) is 0 Å². The molecule has 0 spiro atoms. The molecular formula is C17H23BrN4O3S. The van der Waals surface area contributed by atoms with Crippen LogP contribution >= 0.6 is 28.1 Å². The zero-order valence-electron chi connectivity index (χ0n) is 15.1. The monoisotopic (exact) mass is 442 g/mol. The van der Waals surface area contributed by atoms with E-state index in [1.165, 1.54) is 0 Å². The Hall–Kier alpha value is -1.87. The fourth-order valence-electron chi connectivity index (χ4n) is 2.47. The van der Waals surface area contributed by atoms with Crippen LogP contribution in [0, 0.1) is 4.77 Å². The lowest BCUT2D eigenvalue weighted by Gasteiger charge is -2.14. The van der Waals surface area contributed by atoms with E-state index in [1.807, 2.05) is 37.5 Å². The van der Waals surface area contributed by atoms with Gasteiger partial charge in [0.25, 0.3) is 0 Å². The van der Waals surface area contributed by atoms with Crippen molar-refractivity contribution < 1.29 is 14.3 Å². The molecule has 2 aromatic rings. The van der Waals surface area contributed by atoms with E-state index in [-0.39, 0.29) is 12.3 Å². The Morgan fingerprint density at radius 3 is 2.54 bits per heavy atom. The van der Waals surface area contributed by atoms with Gasteiger partial charge in [-0.3, -0.25) is 9.89 Å². The van der Waals surface area contributed by atoms with Crippen molar-refractivity contribution in [1.29, 1.82) is 0 Å². The molecule has 0 aliphatic heterocycles. The average Bonchev–Trinajstić information content (AvgIpc) is 2.97. The van der Waals surface area contributed by atoms with E-state index in [0.717, 1.165) is 10.0 Å². The zero-order chi connectivity index (χ0) is 19.1. The van der Waals surface area contributed by atoms with Gasteiger partial charge in [0.15, 0.2) is 22.1 Å². The molecule has 0 saturated heterocycles. The molecule has 1 amide bonds. The molecule has 26 heavy (non-hydrogen) atoms. The number of carbonyl (C=O) groups excluding carboxylic acids is 1. The summed E-state index contributed by atoms with van der Waals surface area (Å²) in [6, 6.07) is 3.67. The Morgan fingerprint density at radius 1 is 1.27 bits per heavy atom. The molecule has 1 aromatic carbocycles. The Kier molecular flexibility index (Phi) is 7.65. The van der Waals surface area contributed by atoms with Crippen LogP contribution < -0.4 is 14.8 Å². The second-order valence-electron chi connectivity index (χ2n) is 5.40. The molecule has 7 nitrogen and oxygen atoms in total. The van der Waals surface area contributed by atoms with Gasteiger partial charge < -0.3 is 19.4 Å². The van der Waals surface area contributed by atoms with E-state index in [2.05, 4.69) is 31.4 Å². The number of amides is 1. The molecule has 9 heteroatoms. The second kappa shape index (κ2) is 9.72. The van der Waals surface area contributed by atoms with Gasteiger partial charge in [-0.25, -0.2) is 0 Å². The van der Waals surface area contributed by atoms with Crippen LogP contribution in [0.3, 0.4) is 0 Å². The summed E-state index contributed by atoms with van der Waals surface area (Å²) in [6.45, 7) is 7.87. The normalized spacial score (nSPS) is 10.6. The van der Waals surface area contributed by atoms with Gasteiger partial charge >= 0.3 is 0 Å². The van der Waals surface area contributed by atoms with Crippen LogP contribution in [0.1, 0.15) is 32.2 Å². The summed E-state index contributed by atoms with van der Waals surface area (Å²) < 4.78 is 14.4. The Morgan fingerprint density at radius 2 is 1.92 bits per heavy atom. The Labute approximate surface area is 166 Å². The van der Waals surface area contributed by atoms with E-state index in [4.69, 9.17) is 21.7 Å². The van der Waals surface area contributed by atoms with Crippen molar-refractivity contribution in [2.45, 2.75) is 40.3 Å². The Balaban J connectivity index is 2.08. The summed E-state index contributed by atoms with van der Waals surface area (Å²) in [7, 11) is 0. The first-order valence-electron chi connectivity index (χ1n) is 8.48. The number of nitrogens with zero attached hydrogens (tertiary/aromatic N) is 2. The topological polar surface area (TPSA) is 81.2 Å². The molecule has 0 aliphatic carbocycles. The first kappa shape index (κ1) is 20.4. The van der Waals surface area contributed by atoms with Gasteiger partial charge in [0.1, 0.15) is 0 Å². The number of aromatic nitrogens is 3. The number of nitrogens with one attached hydrogen (secondary N) is 2. The summed E-state index contributed by atoms with van der Waals surface area (Å²) in [6.07, 6.45) is 0.213. The number of carbonyl (C=O) groups is 1. The molecular weight excluding hydrogens is 420 g/mol. The fourth-order valence-corrected chi connectivity index (χ4v) is 3.22. The van der Waals surface area contributed by atoms with Crippen molar-refractivity contribution in [3.05, 3.63) is 32.8 Å². The molecule has 0 atom stereocenters. The third kappa shape index (κ3) is 5.07. The zero-order valence-corrected chi connectivity index (χ0v) is 17.5. The maximum absolute atomic E-state index is 12.3. The lowest BCUT2D eigenvalue weighted by Crippen LogP contribution is -2.26. The first-order valence-corrected chi connectivity index (χ1v) is 9.68. The van der Waals surface area contributed by atoms with E-state index in [9.17, 15) is 4.79 Å². The lowest BCUT2D eigenvalue weighted by atomic mass is 10.1. The number of hydrogen-bond donors (Lipinski definition) is 2. The van der Waals surface area contributed by atoms with Gasteiger partial charge in [-0.2, -0.15) is 5.10 Å². The summed E-state index contributed by atoms with van der Waals surface area (Å²) in [5.41, 5.74) is 0.823. The quantitative estimate of drug-likeness (QED) is 0.581. The highest BCUT2D eigenvalue weighted by Crippen LogP contribution is 2.34. The van der Waals surface area contributed by atoms with Gasteiger partial charge in [0.05, 0.1) is 26.2 Å². The largest absolute Gasteiger partial charge is 0.490 e. The smallest absolute Gasteiger partial charge is 0.224 e. The van der Waals surface area contributed by atoms with Crippen LogP contribution in [0.15, 0.2) is 16.6 Å². The van der Waals surface area contributed by atoms with E-state index >= 15 is 0 Å². The highest BCUT2D eigenvalue weighted by molar-refractivity contribution is 9.10. The highest BCUT2D eigenvalue weighted by atomic mass is 79.9. The Bertz CT molecular complexity index is 819. The molecule has 0 unspecified atom stereocenters. The minimum atomic E-state index is -0.117. The van der Waals surface area contributed by atoms with Crippen LogP contribution in [0.25, 0.3) is 0 Å². The summed E-state index contributed by atoms with van der Waals surface area (Å²) in [4.78, 5) is 12.3. The number of ether oxygens (including phenoxy) is 2. The molecule has 1 heterocycles. The second-order valence-corrected chi connectivity index (χ2v) is 6.64. The van der Waals surface area contributed by atoms with Crippen LogP contribution in [-0.2, 0) is 24.3 Å². The van der Waals surface area contributed by atoms with Gasteiger partial charge in [-0.15, -0.1) is 0 Å². The van der Waals surface area contributed by atoms with Crippen LogP contribution in [-0.4, -0.2) is 33.9 Å². The maximum Gasteiger partial charge on any atom is 0.224 e. The molecule has 2 N–H and O–H groups in total. The van der Waals surface area contributed by atoms with Crippen molar-refractivity contribution >= 4 is 34.1 Å². The molecule has 142 valence electrons. The van der Waals surface area contributed by atoms with Gasteiger partial charge in [0.2, 0.25) is 5.91 Å². The average molecular weight is 443 g/mol. The van der Waals surface area contributed by atoms with E-state index < -0.39 is 0 Å². The highest BCUT2D eigenvalue weighted by Gasteiger charge is 2.14. The standard InChI is InChI=1S/C17H23BrN4O3S/c1-4-22-15(20-21-17(22)26)10-19-16(23)8-11-7-13(24-5-2)14(25-6-3)9-12(11)18/h7,9H,4-6,8,10H2,1-3H3,(H,19,23)(H,21,26). The van der Waals surface area contributed by atoms with Crippen molar-refractivity contribution in [1.82, 2.24) is 20.1 Å². The van der Waals surface area contributed by atoms with Crippen LogP contribution in [0.5, 0.6) is 11.5 Å². The fraction of sp³-hybridized carbons (Fsp3) is 0.471. The predicted octanol–water partition coefficient (Wildman–Crippen LogP) is 3.38. The van der Waals surface area contributed by atoms with Gasteiger partial charge in [0, 0.05) is 11.0 Å². The van der Waals surface area contributed by atoms with Crippen molar-refractivity contribution in [2.75, 3.05) is 13.2 Å². The van der Waals surface area contributed by atoms with E-state index in [1.54, 1.807) is 0 Å². The number of rotatable bonds is 9. The number of halogens is 1. The maximum atomic E-state index is 12.3. The third-order valence-corrected chi connectivity index (χ3v) is 4.71. The molecule has 0 fully saturated rings. The summed E-state index contributed by atoms with van der Waals surface area (Å²) >= 11 is 8.65. The first-order chi connectivity index (χ1) is 12.5. The lowest BCUT2D eigenvalue weighted by molar-refractivity contribution is -0.120. The molecule has 2 rings (SSSR count). The molecule has 0 saturated carbocycles. The molecule has 0 aliphatic rings. The number of benzene rings is 1. The SMILES string of the molecule is CCOc1cc(Br)c(CC(=O)NCc2n[nH]c(=S)n2CC)cc1OCC. The van der Waals surface area contributed by atoms with E-state index in [0.29, 0.717) is 48.4 Å². The minimum Gasteiger partial charge on any atom is -0.490 e. The predicted molar refractivity (Wildman–Crippen MR) is 105 cm³/mol. The minimum absolute atomic E-state index is 0.117. The summed E-state index contributed by atoms with van der Waals surface area (Å²) in [5.74, 6) is 1.87. The molecule has 0 radical (unpaired) electrons. The van der Waals surface area contributed by atoms with Crippen molar-refractivity contribution in [2.24, 2.45) is 0 Å². The van der Waals surface area contributed by atoms with Crippen molar-refractivity contribution in [3.8, 4) is 11.5 Å². The number of hydrogen-bond acceptors (Lipinski definition) is 5. The number of aromatic amines is 1. The molecule has 1 aromatic heterocycles.